The second-order valence-corrected chi connectivity index (χ2v) is 5.45. The molecule has 4 nitrogen and oxygen atoms in total. The summed E-state index contributed by atoms with van der Waals surface area (Å²) in [5.74, 6) is 0.443. The van der Waals surface area contributed by atoms with E-state index in [1.807, 2.05) is 0 Å². The van der Waals surface area contributed by atoms with Crippen LogP contribution >= 0.6 is 0 Å². The van der Waals surface area contributed by atoms with Crippen LogP contribution in [0.1, 0.15) is 46.0 Å². The minimum Gasteiger partial charge on any atom is -0.391 e. The topological polar surface area (TPSA) is 61.4 Å². The monoisotopic (exact) mass is 242 g/mol. The molecule has 1 fully saturated rings. The molecule has 1 atom stereocenters. The lowest BCUT2D eigenvalue weighted by Gasteiger charge is -2.15. The lowest BCUT2D eigenvalue weighted by atomic mass is 10.1. The Labute approximate surface area is 104 Å². The molecule has 0 spiro atoms. The summed E-state index contributed by atoms with van der Waals surface area (Å²) in [5, 5.41) is 15.6. The minimum absolute atomic E-state index is 0.0142. The van der Waals surface area contributed by atoms with Gasteiger partial charge in [-0.15, -0.1) is 0 Å². The average Bonchev–Trinajstić information content (AvgIpc) is 2.75. The van der Waals surface area contributed by atoms with Crippen molar-refractivity contribution in [3.8, 4) is 0 Å². The Kier molecular flexibility index (Phi) is 6.52. The third kappa shape index (κ3) is 6.64. The van der Waals surface area contributed by atoms with Crippen LogP contribution in [0.4, 0.5) is 0 Å². The summed E-state index contributed by atoms with van der Waals surface area (Å²) in [5.41, 5.74) is 0. The van der Waals surface area contributed by atoms with Crippen LogP contribution < -0.4 is 10.6 Å². The Morgan fingerprint density at radius 3 is 2.59 bits per heavy atom. The highest BCUT2D eigenvalue weighted by atomic mass is 16.3. The fourth-order valence-corrected chi connectivity index (χ4v) is 2.29. The maximum absolute atomic E-state index is 11.5. The Morgan fingerprint density at radius 2 is 2.00 bits per heavy atom. The number of hydrogen-bond donors (Lipinski definition) is 3. The number of aliphatic hydroxyl groups excluding tert-OH is 1. The number of carbonyl (C=O) groups excluding carboxylic acids is 1. The first kappa shape index (κ1) is 14.5. The predicted molar refractivity (Wildman–Crippen MR) is 68.7 cm³/mol. The molecular weight excluding hydrogens is 216 g/mol. The molecule has 17 heavy (non-hydrogen) atoms. The molecule has 4 heteroatoms. The van der Waals surface area contributed by atoms with Gasteiger partial charge >= 0.3 is 0 Å². The van der Waals surface area contributed by atoms with Gasteiger partial charge in [0.1, 0.15) is 0 Å². The van der Waals surface area contributed by atoms with Crippen molar-refractivity contribution in [3.05, 3.63) is 0 Å². The first-order valence-electron chi connectivity index (χ1n) is 6.76. The predicted octanol–water partition coefficient (Wildman–Crippen LogP) is 1.04. The molecule has 100 valence electrons. The van der Waals surface area contributed by atoms with E-state index >= 15 is 0 Å². The molecule has 0 heterocycles. The molecule has 0 aromatic rings. The molecule has 0 aromatic heterocycles. The van der Waals surface area contributed by atoms with Crippen LogP contribution in [-0.2, 0) is 4.79 Å². The number of nitrogens with one attached hydrogen (secondary N) is 2. The van der Waals surface area contributed by atoms with Gasteiger partial charge in [0, 0.05) is 12.6 Å². The van der Waals surface area contributed by atoms with E-state index in [9.17, 15) is 9.90 Å². The molecule has 3 N–H and O–H groups in total. The number of aliphatic hydroxyl groups is 1. The highest BCUT2D eigenvalue weighted by molar-refractivity contribution is 5.78. The normalized spacial score (nSPS) is 18.6. The van der Waals surface area contributed by atoms with Gasteiger partial charge in [-0.1, -0.05) is 26.7 Å². The second-order valence-electron chi connectivity index (χ2n) is 5.45. The number of hydrogen-bond acceptors (Lipinski definition) is 3. The molecular formula is C13H26N2O2. The van der Waals surface area contributed by atoms with Crippen molar-refractivity contribution in [1.82, 2.24) is 10.6 Å². The van der Waals surface area contributed by atoms with E-state index in [4.69, 9.17) is 0 Å². The van der Waals surface area contributed by atoms with Crippen LogP contribution in [0.5, 0.6) is 0 Å². The Bertz CT molecular complexity index is 225. The third-order valence-electron chi connectivity index (χ3n) is 3.18. The van der Waals surface area contributed by atoms with Crippen LogP contribution in [0, 0.1) is 5.92 Å². The Hall–Kier alpha value is -0.610. The van der Waals surface area contributed by atoms with E-state index in [1.54, 1.807) is 0 Å². The Balaban J connectivity index is 2.04. The zero-order chi connectivity index (χ0) is 12.7. The van der Waals surface area contributed by atoms with Crippen LogP contribution in [0.3, 0.4) is 0 Å². The summed E-state index contributed by atoms with van der Waals surface area (Å²) < 4.78 is 0. The molecule has 1 amide bonds. The molecule has 1 saturated carbocycles. The largest absolute Gasteiger partial charge is 0.391 e. The fraction of sp³-hybridized carbons (Fsp3) is 0.923. The Morgan fingerprint density at radius 1 is 1.35 bits per heavy atom. The molecule has 1 aliphatic rings. The first-order chi connectivity index (χ1) is 8.08. The van der Waals surface area contributed by atoms with Crippen molar-refractivity contribution in [3.63, 3.8) is 0 Å². The van der Waals surface area contributed by atoms with Gasteiger partial charge in [-0.2, -0.15) is 0 Å². The molecule has 1 unspecified atom stereocenters. The number of amides is 1. The number of rotatable bonds is 7. The van der Waals surface area contributed by atoms with Gasteiger partial charge in [0.2, 0.25) is 5.91 Å². The molecule has 0 saturated heterocycles. The van der Waals surface area contributed by atoms with E-state index in [2.05, 4.69) is 24.5 Å². The molecule has 0 radical (unpaired) electrons. The van der Waals surface area contributed by atoms with Crippen LogP contribution in [0.15, 0.2) is 0 Å². The SMILES string of the molecule is CC(C)CC(O)CNC(=O)CNC1CCCC1. The van der Waals surface area contributed by atoms with E-state index < -0.39 is 6.10 Å². The molecule has 1 rings (SSSR count). The van der Waals surface area contributed by atoms with Crippen molar-refractivity contribution in [2.45, 2.75) is 58.1 Å². The second kappa shape index (κ2) is 7.67. The van der Waals surface area contributed by atoms with Gasteiger partial charge in [-0.25, -0.2) is 0 Å². The highest BCUT2D eigenvalue weighted by Crippen LogP contribution is 2.17. The van der Waals surface area contributed by atoms with Crippen molar-refractivity contribution >= 4 is 5.91 Å². The third-order valence-corrected chi connectivity index (χ3v) is 3.18. The summed E-state index contributed by atoms with van der Waals surface area (Å²) >= 11 is 0. The summed E-state index contributed by atoms with van der Waals surface area (Å²) in [6.07, 6.45) is 5.21. The van der Waals surface area contributed by atoms with Crippen molar-refractivity contribution in [2.75, 3.05) is 13.1 Å². The van der Waals surface area contributed by atoms with Gasteiger partial charge in [-0.05, 0) is 25.2 Å². The van der Waals surface area contributed by atoms with Crippen molar-refractivity contribution in [1.29, 1.82) is 0 Å². The van der Waals surface area contributed by atoms with Gasteiger partial charge in [0.25, 0.3) is 0 Å². The van der Waals surface area contributed by atoms with Crippen LogP contribution in [-0.4, -0.2) is 36.2 Å². The zero-order valence-corrected chi connectivity index (χ0v) is 11.0. The molecule has 0 aromatic carbocycles. The highest BCUT2D eigenvalue weighted by Gasteiger charge is 2.15. The van der Waals surface area contributed by atoms with E-state index in [1.165, 1.54) is 25.7 Å². The maximum atomic E-state index is 11.5. The maximum Gasteiger partial charge on any atom is 0.234 e. The minimum atomic E-state index is -0.426. The zero-order valence-electron chi connectivity index (χ0n) is 11.0. The standard InChI is InChI=1S/C13H26N2O2/c1-10(2)7-12(16)8-15-13(17)9-14-11-5-3-4-6-11/h10-12,14,16H,3-9H2,1-2H3,(H,15,17). The number of carbonyl (C=O) groups is 1. The van der Waals surface area contributed by atoms with E-state index in [0.29, 0.717) is 25.0 Å². The lowest BCUT2D eigenvalue weighted by molar-refractivity contribution is -0.120. The molecule has 0 bridgehead atoms. The summed E-state index contributed by atoms with van der Waals surface area (Å²) in [6.45, 7) is 4.86. The summed E-state index contributed by atoms with van der Waals surface area (Å²) in [4.78, 5) is 11.5. The fourth-order valence-electron chi connectivity index (χ4n) is 2.29. The van der Waals surface area contributed by atoms with Gasteiger partial charge in [0.15, 0.2) is 0 Å². The van der Waals surface area contributed by atoms with Gasteiger partial charge in [-0.3, -0.25) is 4.79 Å². The summed E-state index contributed by atoms with van der Waals surface area (Å²) in [6, 6.07) is 0.515. The first-order valence-corrected chi connectivity index (χ1v) is 6.76. The van der Waals surface area contributed by atoms with E-state index in [-0.39, 0.29) is 5.91 Å². The average molecular weight is 242 g/mol. The van der Waals surface area contributed by atoms with Crippen LogP contribution in [0.2, 0.25) is 0 Å². The summed E-state index contributed by atoms with van der Waals surface area (Å²) in [7, 11) is 0. The van der Waals surface area contributed by atoms with Crippen molar-refractivity contribution in [2.24, 2.45) is 5.92 Å². The van der Waals surface area contributed by atoms with Gasteiger partial charge in [0.05, 0.1) is 12.6 Å². The van der Waals surface area contributed by atoms with Gasteiger partial charge < -0.3 is 15.7 Å². The molecule has 1 aliphatic carbocycles. The van der Waals surface area contributed by atoms with E-state index in [0.717, 1.165) is 6.42 Å². The lowest BCUT2D eigenvalue weighted by Crippen LogP contribution is -2.41. The quantitative estimate of drug-likeness (QED) is 0.625. The smallest absolute Gasteiger partial charge is 0.234 e. The molecule has 0 aliphatic heterocycles. The van der Waals surface area contributed by atoms with Crippen molar-refractivity contribution < 1.29 is 9.90 Å². The van der Waals surface area contributed by atoms with Crippen LogP contribution in [0.25, 0.3) is 0 Å².